The van der Waals surface area contributed by atoms with E-state index in [1.54, 1.807) is 53.9 Å². The van der Waals surface area contributed by atoms with Gasteiger partial charge in [0.25, 0.3) is 0 Å². The second-order valence-corrected chi connectivity index (χ2v) is 8.84. The van der Waals surface area contributed by atoms with Gasteiger partial charge in [0.1, 0.15) is 5.75 Å². The molecule has 0 atom stereocenters. The summed E-state index contributed by atoms with van der Waals surface area (Å²) in [6.45, 7) is 4.69. The second kappa shape index (κ2) is 9.55. The van der Waals surface area contributed by atoms with Crippen molar-refractivity contribution in [3.05, 3.63) is 63.7 Å². The van der Waals surface area contributed by atoms with Crippen LogP contribution in [0.4, 0.5) is 5.69 Å². The number of halogens is 1. The summed E-state index contributed by atoms with van der Waals surface area (Å²) in [7, 11) is 0. The highest BCUT2D eigenvalue weighted by atomic mass is 35.5. The number of piperidine rings is 1. The van der Waals surface area contributed by atoms with Crippen molar-refractivity contribution in [2.45, 2.75) is 26.3 Å². The SMILES string of the molecule is Cc1nc(CN2CCC(C(=O)Nc3ccc(Oc4ccc(Cl)cc4)nc3)CC2)cs1. The number of rotatable bonds is 6. The lowest BCUT2D eigenvalue weighted by Crippen LogP contribution is -2.37. The van der Waals surface area contributed by atoms with E-state index in [9.17, 15) is 4.79 Å². The standard InChI is InChI=1S/C22H23ClN4O2S/c1-15-25-19(14-30-15)13-27-10-8-16(9-11-27)22(28)26-18-4-7-21(24-12-18)29-20-5-2-17(23)3-6-20/h2-7,12,14,16H,8-11,13H2,1H3,(H,26,28). The number of nitrogens with zero attached hydrogens (tertiary/aromatic N) is 3. The minimum absolute atomic E-state index is 0.0170. The summed E-state index contributed by atoms with van der Waals surface area (Å²) in [6, 6.07) is 10.6. The van der Waals surface area contributed by atoms with E-state index in [2.05, 4.69) is 25.6 Å². The molecule has 1 N–H and O–H groups in total. The summed E-state index contributed by atoms with van der Waals surface area (Å²) in [5.41, 5.74) is 1.79. The summed E-state index contributed by atoms with van der Waals surface area (Å²) in [5.74, 6) is 1.18. The number of amides is 1. The zero-order chi connectivity index (χ0) is 20.9. The molecule has 30 heavy (non-hydrogen) atoms. The third kappa shape index (κ3) is 5.56. The number of carbonyl (C=O) groups is 1. The smallest absolute Gasteiger partial charge is 0.227 e. The molecule has 6 nitrogen and oxygen atoms in total. The fraction of sp³-hybridized carbons (Fsp3) is 0.318. The summed E-state index contributed by atoms with van der Waals surface area (Å²) in [6.07, 6.45) is 3.31. The molecule has 3 aromatic rings. The monoisotopic (exact) mass is 442 g/mol. The lowest BCUT2D eigenvalue weighted by molar-refractivity contribution is -0.121. The first-order chi connectivity index (χ1) is 14.5. The minimum atomic E-state index is 0.0170. The predicted octanol–water partition coefficient (Wildman–Crippen LogP) is 5.14. The van der Waals surface area contributed by atoms with Crippen LogP contribution in [0.25, 0.3) is 0 Å². The molecule has 4 rings (SSSR count). The number of benzene rings is 1. The number of anilines is 1. The Balaban J connectivity index is 1.25. The van der Waals surface area contributed by atoms with Gasteiger partial charge in [-0.1, -0.05) is 11.6 Å². The summed E-state index contributed by atoms with van der Waals surface area (Å²) in [5, 5.41) is 6.83. The fourth-order valence-electron chi connectivity index (χ4n) is 3.45. The van der Waals surface area contributed by atoms with Gasteiger partial charge in [-0.25, -0.2) is 9.97 Å². The number of carbonyl (C=O) groups excluding carboxylic acids is 1. The third-order valence-corrected chi connectivity index (χ3v) is 6.12. The number of likely N-dealkylation sites (tertiary alicyclic amines) is 1. The molecule has 1 saturated heterocycles. The van der Waals surface area contributed by atoms with Crippen LogP contribution in [0.15, 0.2) is 48.0 Å². The maximum absolute atomic E-state index is 12.6. The first kappa shape index (κ1) is 20.8. The van der Waals surface area contributed by atoms with Gasteiger partial charge in [-0.3, -0.25) is 9.69 Å². The number of aromatic nitrogens is 2. The van der Waals surface area contributed by atoms with Crippen LogP contribution < -0.4 is 10.1 Å². The highest BCUT2D eigenvalue weighted by Crippen LogP contribution is 2.24. The zero-order valence-electron chi connectivity index (χ0n) is 16.7. The summed E-state index contributed by atoms with van der Waals surface area (Å²) in [4.78, 5) is 23.8. The number of ether oxygens (including phenoxy) is 1. The molecule has 8 heteroatoms. The average Bonchev–Trinajstić information content (AvgIpc) is 3.16. The lowest BCUT2D eigenvalue weighted by Gasteiger charge is -2.30. The van der Waals surface area contributed by atoms with Gasteiger partial charge in [-0.15, -0.1) is 11.3 Å². The van der Waals surface area contributed by atoms with Crippen molar-refractivity contribution in [2.24, 2.45) is 5.92 Å². The molecule has 0 aliphatic carbocycles. The second-order valence-electron chi connectivity index (χ2n) is 7.34. The molecule has 2 aromatic heterocycles. The van der Waals surface area contributed by atoms with E-state index in [1.807, 2.05) is 6.92 Å². The fourth-order valence-corrected chi connectivity index (χ4v) is 4.18. The van der Waals surface area contributed by atoms with E-state index in [4.69, 9.17) is 16.3 Å². The quantitative estimate of drug-likeness (QED) is 0.572. The first-order valence-corrected chi connectivity index (χ1v) is 11.1. The number of hydrogen-bond donors (Lipinski definition) is 1. The molecule has 0 bridgehead atoms. The van der Waals surface area contributed by atoms with Crippen molar-refractivity contribution >= 4 is 34.5 Å². The highest BCUT2D eigenvalue weighted by molar-refractivity contribution is 7.09. The van der Waals surface area contributed by atoms with Crippen molar-refractivity contribution in [3.63, 3.8) is 0 Å². The molecule has 1 aliphatic rings. The first-order valence-electron chi connectivity index (χ1n) is 9.89. The number of aryl methyl sites for hydroxylation is 1. The van der Waals surface area contributed by atoms with Crippen LogP contribution >= 0.6 is 22.9 Å². The van der Waals surface area contributed by atoms with Crippen LogP contribution in [0.3, 0.4) is 0 Å². The summed E-state index contributed by atoms with van der Waals surface area (Å²) >= 11 is 7.56. The summed E-state index contributed by atoms with van der Waals surface area (Å²) < 4.78 is 5.68. The van der Waals surface area contributed by atoms with Crippen LogP contribution in [0.2, 0.25) is 5.02 Å². The van der Waals surface area contributed by atoms with E-state index in [0.717, 1.165) is 43.2 Å². The van der Waals surface area contributed by atoms with Gasteiger partial charge in [0.2, 0.25) is 11.8 Å². The van der Waals surface area contributed by atoms with Gasteiger partial charge in [0.15, 0.2) is 0 Å². The molecule has 0 unspecified atom stereocenters. The van der Waals surface area contributed by atoms with Crippen molar-refractivity contribution in [3.8, 4) is 11.6 Å². The molecule has 1 aliphatic heterocycles. The number of thiazole rings is 1. The van der Waals surface area contributed by atoms with Crippen molar-refractivity contribution < 1.29 is 9.53 Å². The van der Waals surface area contributed by atoms with Crippen LogP contribution in [-0.2, 0) is 11.3 Å². The lowest BCUT2D eigenvalue weighted by atomic mass is 9.96. The molecule has 1 aromatic carbocycles. The van der Waals surface area contributed by atoms with Crippen molar-refractivity contribution in [1.82, 2.24) is 14.9 Å². The molecule has 1 amide bonds. The predicted molar refractivity (Wildman–Crippen MR) is 119 cm³/mol. The largest absolute Gasteiger partial charge is 0.439 e. The molecule has 0 radical (unpaired) electrons. The minimum Gasteiger partial charge on any atom is -0.439 e. The number of pyridine rings is 1. The average molecular weight is 443 g/mol. The van der Waals surface area contributed by atoms with Gasteiger partial charge < -0.3 is 10.1 Å². The molecule has 156 valence electrons. The van der Waals surface area contributed by atoms with E-state index in [-0.39, 0.29) is 11.8 Å². The van der Waals surface area contributed by atoms with Crippen molar-refractivity contribution in [1.29, 1.82) is 0 Å². The van der Waals surface area contributed by atoms with Crippen LogP contribution in [0, 0.1) is 12.8 Å². The topological polar surface area (TPSA) is 67.4 Å². The van der Waals surface area contributed by atoms with Gasteiger partial charge in [-0.2, -0.15) is 0 Å². The van der Waals surface area contributed by atoms with Gasteiger partial charge in [-0.05, 0) is 63.2 Å². The van der Waals surface area contributed by atoms with Gasteiger partial charge in [0.05, 0.1) is 22.6 Å². The Morgan fingerprint density at radius 3 is 2.63 bits per heavy atom. The highest BCUT2D eigenvalue weighted by Gasteiger charge is 2.25. The van der Waals surface area contributed by atoms with Crippen LogP contribution in [-0.4, -0.2) is 33.9 Å². The van der Waals surface area contributed by atoms with Gasteiger partial charge >= 0.3 is 0 Å². The van der Waals surface area contributed by atoms with Crippen molar-refractivity contribution in [2.75, 3.05) is 18.4 Å². The van der Waals surface area contributed by atoms with E-state index >= 15 is 0 Å². The van der Waals surface area contributed by atoms with Gasteiger partial charge in [0, 0.05) is 28.9 Å². The Kier molecular flexibility index (Phi) is 6.62. The Labute approximate surface area is 184 Å². The number of nitrogens with one attached hydrogen (secondary N) is 1. The Hall–Kier alpha value is -2.48. The molecule has 3 heterocycles. The Bertz CT molecular complexity index is 983. The third-order valence-electron chi connectivity index (χ3n) is 5.05. The molecule has 0 spiro atoms. The number of hydrogen-bond acceptors (Lipinski definition) is 6. The van der Waals surface area contributed by atoms with E-state index < -0.39 is 0 Å². The van der Waals surface area contributed by atoms with Crippen LogP contribution in [0.5, 0.6) is 11.6 Å². The van der Waals surface area contributed by atoms with E-state index in [1.165, 1.54) is 0 Å². The molecular weight excluding hydrogens is 420 g/mol. The normalized spacial score (nSPS) is 15.1. The maximum Gasteiger partial charge on any atom is 0.227 e. The van der Waals surface area contributed by atoms with E-state index in [0.29, 0.717) is 22.3 Å². The maximum atomic E-state index is 12.6. The molecule has 0 saturated carbocycles. The molecule has 1 fully saturated rings. The Morgan fingerprint density at radius 2 is 2.00 bits per heavy atom. The molecular formula is C22H23ClN4O2S. The Morgan fingerprint density at radius 1 is 1.23 bits per heavy atom. The van der Waals surface area contributed by atoms with Crippen LogP contribution in [0.1, 0.15) is 23.5 Å². The zero-order valence-corrected chi connectivity index (χ0v) is 18.2.